The van der Waals surface area contributed by atoms with Crippen LogP contribution in [-0.2, 0) is 14.8 Å². The van der Waals surface area contributed by atoms with Gasteiger partial charge in [-0.2, -0.15) is 0 Å². The summed E-state index contributed by atoms with van der Waals surface area (Å²) in [6, 6.07) is 5.33. The number of sulfonamides is 1. The Morgan fingerprint density at radius 2 is 2.05 bits per heavy atom. The van der Waals surface area contributed by atoms with E-state index in [1.807, 2.05) is 13.0 Å². The minimum absolute atomic E-state index is 0.168. The number of hydrogen-bond donors (Lipinski definition) is 1. The third-order valence-corrected chi connectivity index (χ3v) is 5.01. The van der Waals surface area contributed by atoms with Crippen LogP contribution in [0.4, 0.5) is 5.69 Å². The van der Waals surface area contributed by atoms with Crippen LogP contribution in [0.3, 0.4) is 0 Å². The number of anilines is 1. The highest BCUT2D eigenvalue weighted by Crippen LogP contribution is 2.26. The zero-order chi connectivity index (χ0) is 14.8. The van der Waals surface area contributed by atoms with Gasteiger partial charge < -0.3 is 5.11 Å². The van der Waals surface area contributed by atoms with Crippen LogP contribution in [0.15, 0.2) is 24.3 Å². The highest BCUT2D eigenvalue weighted by molar-refractivity contribution is 7.92. The van der Waals surface area contributed by atoms with Crippen LogP contribution in [0, 0.1) is 6.92 Å². The predicted octanol–water partition coefficient (Wildman–Crippen LogP) is 2.02. The third-order valence-electron chi connectivity index (χ3n) is 3.14. The molecular weight excluding hydrogens is 278 g/mol. The van der Waals surface area contributed by atoms with E-state index in [1.54, 1.807) is 12.1 Å². The molecular formula is C14H17NO4S. The average Bonchev–Trinajstić information content (AvgIpc) is 2.35. The second-order valence-corrected chi connectivity index (χ2v) is 6.88. The van der Waals surface area contributed by atoms with Crippen LogP contribution in [0.5, 0.6) is 0 Å². The van der Waals surface area contributed by atoms with Crippen molar-refractivity contribution in [3.8, 4) is 0 Å². The first kappa shape index (κ1) is 14.6. The van der Waals surface area contributed by atoms with Gasteiger partial charge in [0.25, 0.3) is 0 Å². The molecule has 2 rings (SSSR count). The van der Waals surface area contributed by atoms with Gasteiger partial charge >= 0.3 is 5.97 Å². The summed E-state index contributed by atoms with van der Waals surface area (Å²) in [5, 5.41) is 8.65. The Morgan fingerprint density at radius 3 is 2.70 bits per heavy atom. The fourth-order valence-corrected chi connectivity index (χ4v) is 3.90. The van der Waals surface area contributed by atoms with Crippen LogP contribution >= 0.6 is 0 Å². The van der Waals surface area contributed by atoms with E-state index in [1.165, 1.54) is 10.4 Å². The Labute approximate surface area is 118 Å². The standard InChI is InChI=1S/C14H17NO4S/c1-11-8-12(4-5-14(16)17)10-13(9-11)15-6-2-3-7-20(15,18)19/h4-5,8-10H,2-3,6-7H2,1H3,(H,16,17)/b5-4+. The number of carboxylic acids is 1. The van der Waals surface area contributed by atoms with E-state index in [-0.39, 0.29) is 5.75 Å². The third kappa shape index (κ3) is 3.39. The molecule has 1 saturated heterocycles. The highest BCUT2D eigenvalue weighted by Gasteiger charge is 2.26. The van der Waals surface area contributed by atoms with E-state index in [4.69, 9.17) is 5.11 Å². The Hall–Kier alpha value is -1.82. The van der Waals surface area contributed by atoms with Crippen LogP contribution in [0.1, 0.15) is 24.0 Å². The van der Waals surface area contributed by atoms with Gasteiger partial charge in [0, 0.05) is 12.6 Å². The quantitative estimate of drug-likeness (QED) is 0.866. The van der Waals surface area contributed by atoms with Gasteiger partial charge in [-0.15, -0.1) is 0 Å². The number of aryl methyl sites for hydroxylation is 1. The van der Waals surface area contributed by atoms with Crippen molar-refractivity contribution in [1.29, 1.82) is 0 Å². The zero-order valence-electron chi connectivity index (χ0n) is 11.2. The maximum Gasteiger partial charge on any atom is 0.328 e. The highest BCUT2D eigenvalue weighted by atomic mass is 32.2. The Kier molecular flexibility index (Phi) is 4.13. The molecule has 0 amide bonds. The van der Waals surface area contributed by atoms with Crippen molar-refractivity contribution in [3.05, 3.63) is 35.4 Å². The lowest BCUT2D eigenvalue weighted by molar-refractivity contribution is -0.131. The predicted molar refractivity (Wildman–Crippen MR) is 78.2 cm³/mol. The number of rotatable bonds is 3. The summed E-state index contributed by atoms with van der Waals surface area (Å²) in [5.41, 5.74) is 2.19. The Morgan fingerprint density at radius 1 is 1.30 bits per heavy atom. The minimum atomic E-state index is -3.25. The van der Waals surface area contributed by atoms with Gasteiger partial charge in [0.05, 0.1) is 11.4 Å². The molecule has 0 atom stereocenters. The molecule has 1 aromatic carbocycles. The number of hydrogen-bond acceptors (Lipinski definition) is 3. The summed E-state index contributed by atoms with van der Waals surface area (Å²) >= 11 is 0. The molecule has 20 heavy (non-hydrogen) atoms. The number of nitrogens with zero attached hydrogens (tertiary/aromatic N) is 1. The second-order valence-electron chi connectivity index (χ2n) is 4.87. The molecule has 1 aromatic rings. The molecule has 5 nitrogen and oxygen atoms in total. The summed E-state index contributed by atoms with van der Waals surface area (Å²) in [6.45, 7) is 2.34. The van der Waals surface area contributed by atoms with E-state index < -0.39 is 16.0 Å². The van der Waals surface area contributed by atoms with Crippen LogP contribution < -0.4 is 4.31 Å². The van der Waals surface area contributed by atoms with Crippen LogP contribution in [0.25, 0.3) is 6.08 Å². The zero-order valence-corrected chi connectivity index (χ0v) is 12.1. The van der Waals surface area contributed by atoms with E-state index in [9.17, 15) is 13.2 Å². The smallest absolute Gasteiger partial charge is 0.328 e. The maximum atomic E-state index is 12.1. The monoisotopic (exact) mass is 295 g/mol. The molecule has 1 fully saturated rings. The van der Waals surface area contributed by atoms with Crippen molar-refractivity contribution in [3.63, 3.8) is 0 Å². The van der Waals surface area contributed by atoms with E-state index in [0.29, 0.717) is 24.2 Å². The molecule has 0 spiro atoms. The van der Waals surface area contributed by atoms with Crippen LogP contribution in [0.2, 0.25) is 0 Å². The van der Waals surface area contributed by atoms with Gasteiger partial charge in [-0.25, -0.2) is 13.2 Å². The molecule has 0 saturated carbocycles. The molecule has 1 aliphatic rings. The number of benzene rings is 1. The molecule has 0 bridgehead atoms. The fourth-order valence-electron chi connectivity index (χ4n) is 2.28. The lowest BCUT2D eigenvalue weighted by Gasteiger charge is -2.28. The SMILES string of the molecule is Cc1cc(/C=C/C(=O)O)cc(N2CCCCS2(=O)=O)c1. The van der Waals surface area contributed by atoms with Crippen molar-refractivity contribution >= 4 is 27.8 Å². The normalized spacial score (nSPS) is 18.4. The lowest BCUT2D eigenvalue weighted by Crippen LogP contribution is -2.37. The molecule has 6 heteroatoms. The first-order valence-corrected chi connectivity index (χ1v) is 8.02. The van der Waals surface area contributed by atoms with Crippen LogP contribution in [-0.4, -0.2) is 31.8 Å². The fraction of sp³-hybridized carbons (Fsp3) is 0.357. The number of carboxylic acid groups (broad SMARTS) is 1. The van der Waals surface area contributed by atoms with Gasteiger partial charge in [-0.05, 0) is 49.1 Å². The molecule has 1 N–H and O–H groups in total. The number of carbonyl (C=O) groups is 1. The van der Waals surface area contributed by atoms with Crippen molar-refractivity contribution in [2.75, 3.05) is 16.6 Å². The van der Waals surface area contributed by atoms with Gasteiger partial charge in [0.1, 0.15) is 0 Å². The first-order chi connectivity index (χ1) is 9.38. The van der Waals surface area contributed by atoms with E-state index >= 15 is 0 Å². The Bertz CT molecular complexity index is 649. The molecule has 1 aliphatic heterocycles. The topological polar surface area (TPSA) is 74.7 Å². The molecule has 0 aliphatic carbocycles. The van der Waals surface area contributed by atoms with Crippen molar-refractivity contribution < 1.29 is 18.3 Å². The minimum Gasteiger partial charge on any atom is -0.478 e. The van der Waals surface area contributed by atoms with Crippen molar-refractivity contribution in [2.45, 2.75) is 19.8 Å². The molecule has 108 valence electrons. The van der Waals surface area contributed by atoms with Gasteiger partial charge in [-0.3, -0.25) is 4.31 Å². The summed E-state index contributed by atoms with van der Waals surface area (Å²) in [5.74, 6) is -0.861. The van der Waals surface area contributed by atoms with Gasteiger partial charge in [0.2, 0.25) is 10.0 Å². The molecule has 0 aromatic heterocycles. The first-order valence-electron chi connectivity index (χ1n) is 6.41. The summed E-state index contributed by atoms with van der Waals surface area (Å²) in [6.07, 6.45) is 4.04. The van der Waals surface area contributed by atoms with E-state index in [0.717, 1.165) is 18.1 Å². The lowest BCUT2D eigenvalue weighted by atomic mass is 10.1. The van der Waals surface area contributed by atoms with Gasteiger partial charge in [-0.1, -0.05) is 6.07 Å². The van der Waals surface area contributed by atoms with Gasteiger partial charge in [0.15, 0.2) is 0 Å². The largest absolute Gasteiger partial charge is 0.478 e. The van der Waals surface area contributed by atoms with Crippen molar-refractivity contribution in [1.82, 2.24) is 0 Å². The molecule has 0 radical (unpaired) electrons. The average molecular weight is 295 g/mol. The maximum absolute atomic E-state index is 12.1. The summed E-state index contributed by atoms with van der Waals surface area (Å²) in [4.78, 5) is 10.6. The molecule has 0 unspecified atom stereocenters. The molecule has 1 heterocycles. The summed E-state index contributed by atoms with van der Waals surface area (Å²) < 4.78 is 25.6. The second kappa shape index (κ2) is 5.66. The Balaban J connectivity index is 2.39. The van der Waals surface area contributed by atoms with Crippen molar-refractivity contribution in [2.24, 2.45) is 0 Å². The van der Waals surface area contributed by atoms with E-state index in [2.05, 4.69) is 0 Å². The summed E-state index contributed by atoms with van der Waals surface area (Å²) in [7, 11) is -3.25. The number of aliphatic carboxylic acids is 1.